The van der Waals surface area contributed by atoms with E-state index in [0.717, 1.165) is 43.9 Å². The third-order valence-electron chi connectivity index (χ3n) is 2.28. The second-order valence-electron chi connectivity index (χ2n) is 3.80. The lowest BCUT2D eigenvalue weighted by Gasteiger charge is -2.11. The molecule has 0 aliphatic rings. The summed E-state index contributed by atoms with van der Waals surface area (Å²) < 4.78 is 16.4. The number of rotatable bonds is 10. The van der Waals surface area contributed by atoms with E-state index in [1.807, 2.05) is 0 Å². The third kappa shape index (κ3) is 10.4. The summed E-state index contributed by atoms with van der Waals surface area (Å²) in [6, 6.07) is 0.547. The maximum atomic E-state index is 11.5. The molecule has 0 spiro atoms. The Balaban J connectivity index is 3.30. The highest BCUT2D eigenvalue weighted by molar-refractivity contribution is 7.84. The van der Waals surface area contributed by atoms with Gasteiger partial charge in [-0.3, -0.25) is 4.21 Å². The summed E-state index contributed by atoms with van der Waals surface area (Å²) in [7, 11) is 1.03. The predicted octanol–water partition coefficient (Wildman–Crippen LogP) is 1.55. The van der Waals surface area contributed by atoms with Crippen LogP contribution >= 0.6 is 0 Å². The summed E-state index contributed by atoms with van der Waals surface area (Å²) >= 11 is 0. The van der Waals surface area contributed by atoms with Crippen LogP contribution < -0.4 is 5.32 Å². The van der Waals surface area contributed by atoms with Crippen LogP contribution in [0.5, 0.6) is 0 Å². The molecule has 4 heteroatoms. The van der Waals surface area contributed by atoms with Crippen molar-refractivity contribution in [1.82, 2.24) is 5.32 Å². The molecule has 0 aliphatic carbocycles. The van der Waals surface area contributed by atoms with Crippen molar-refractivity contribution in [3.63, 3.8) is 0 Å². The van der Waals surface area contributed by atoms with E-state index >= 15 is 0 Å². The first-order valence-electron chi connectivity index (χ1n) is 5.78. The lowest BCUT2D eigenvalue weighted by Crippen LogP contribution is -2.25. The zero-order valence-corrected chi connectivity index (χ0v) is 11.1. The highest BCUT2D eigenvalue weighted by Gasteiger charge is 2.02. The van der Waals surface area contributed by atoms with Crippen molar-refractivity contribution in [1.29, 1.82) is 0 Å². The minimum Gasteiger partial charge on any atom is -0.385 e. The van der Waals surface area contributed by atoms with E-state index in [-0.39, 0.29) is 0 Å². The van der Waals surface area contributed by atoms with Gasteiger partial charge in [0.05, 0.1) is 0 Å². The Hall–Kier alpha value is 0.0700. The van der Waals surface area contributed by atoms with Crippen molar-refractivity contribution in [2.24, 2.45) is 0 Å². The molecule has 0 saturated heterocycles. The molecule has 0 radical (unpaired) electrons. The van der Waals surface area contributed by atoms with Gasteiger partial charge in [-0.25, -0.2) is 0 Å². The summed E-state index contributed by atoms with van der Waals surface area (Å²) in [4.78, 5) is 0. The van der Waals surface area contributed by atoms with Crippen LogP contribution in [0.25, 0.3) is 0 Å². The van der Waals surface area contributed by atoms with Gasteiger partial charge in [0.1, 0.15) is 0 Å². The number of ether oxygens (including phenoxy) is 1. The highest BCUT2D eigenvalue weighted by Crippen LogP contribution is 1.99. The average Bonchev–Trinajstić information content (AvgIpc) is 2.18. The van der Waals surface area contributed by atoms with Crippen molar-refractivity contribution >= 4 is 10.8 Å². The number of nitrogens with one attached hydrogen (secondary N) is 1. The summed E-state index contributed by atoms with van der Waals surface area (Å²) in [6.07, 6.45) is 3.07. The van der Waals surface area contributed by atoms with Crippen LogP contribution in [0.4, 0.5) is 0 Å². The van der Waals surface area contributed by atoms with Gasteiger partial charge >= 0.3 is 0 Å². The van der Waals surface area contributed by atoms with Crippen LogP contribution in [-0.4, -0.2) is 42.0 Å². The van der Waals surface area contributed by atoms with E-state index in [1.54, 1.807) is 7.11 Å². The van der Waals surface area contributed by atoms with Crippen molar-refractivity contribution in [3.8, 4) is 0 Å². The average molecular weight is 235 g/mol. The molecular weight excluding hydrogens is 210 g/mol. The Bertz CT molecular complexity index is 165. The molecule has 0 amide bonds. The quantitative estimate of drug-likeness (QED) is 0.584. The number of hydrogen-bond donors (Lipinski definition) is 1. The second kappa shape index (κ2) is 10.6. The van der Waals surface area contributed by atoms with Crippen molar-refractivity contribution < 1.29 is 8.95 Å². The normalized spacial score (nSPS) is 15.1. The Morgan fingerprint density at radius 3 is 2.60 bits per heavy atom. The van der Waals surface area contributed by atoms with Gasteiger partial charge in [-0.05, 0) is 32.7 Å². The molecule has 0 fully saturated rings. The maximum absolute atomic E-state index is 11.5. The van der Waals surface area contributed by atoms with E-state index in [2.05, 4.69) is 19.2 Å². The van der Waals surface area contributed by atoms with E-state index in [4.69, 9.17) is 4.74 Å². The molecule has 15 heavy (non-hydrogen) atoms. The van der Waals surface area contributed by atoms with E-state index < -0.39 is 10.8 Å². The molecular formula is C11H25NO2S. The molecule has 2 atom stereocenters. The molecule has 3 nitrogen and oxygen atoms in total. The Kier molecular flexibility index (Phi) is 10.6. The largest absolute Gasteiger partial charge is 0.385 e. The molecule has 92 valence electrons. The third-order valence-corrected chi connectivity index (χ3v) is 3.77. The molecule has 0 heterocycles. The molecule has 2 unspecified atom stereocenters. The Morgan fingerprint density at radius 1 is 1.33 bits per heavy atom. The van der Waals surface area contributed by atoms with Crippen LogP contribution in [0.15, 0.2) is 0 Å². The minimum absolute atomic E-state index is 0.547. The lowest BCUT2D eigenvalue weighted by atomic mass is 10.2. The molecule has 0 aromatic rings. The minimum atomic E-state index is -0.650. The van der Waals surface area contributed by atoms with Gasteiger partial charge in [-0.15, -0.1) is 0 Å². The fraction of sp³-hybridized carbons (Fsp3) is 1.00. The zero-order chi connectivity index (χ0) is 11.5. The van der Waals surface area contributed by atoms with Gasteiger partial charge in [0.25, 0.3) is 0 Å². The summed E-state index contributed by atoms with van der Waals surface area (Å²) in [6.45, 7) is 6.02. The number of hydrogen-bond acceptors (Lipinski definition) is 3. The summed E-state index contributed by atoms with van der Waals surface area (Å²) in [5.74, 6) is 1.61. The second-order valence-corrected chi connectivity index (χ2v) is 5.49. The van der Waals surface area contributed by atoms with Crippen LogP contribution in [0.1, 0.15) is 33.1 Å². The molecule has 1 N–H and O–H groups in total. The Morgan fingerprint density at radius 2 is 2.00 bits per heavy atom. The molecule has 0 rings (SSSR count). The van der Waals surface area contributed by atoms with Gasteiger partial charge in [-0.1, -0.05) is 6.92 Å². The van der Waals surface area contributed by atoms with E-state index in [0.29, 0.717) is 6.04 Å². The molecule has 0 aliphatic heterocycles. The van der Waals surface area contributed by atoms with Gasteiger partial charge < -0.3 is 10.1 Å². The fourth-order valence-corrected chi connectivity index (χ4v) is 2.60. The standard InChI is InChI=1S/C11H25NO2S/c1-4-12-11(2)7-5-9-15(13)10-6-8-14-3/h11-12H,4-10H2,1-3H3. The lowest BCUT2D eigenvalue weighted by molar-refractivity contribution is 0.200. The fourth-order valence-electron chi connectivity index (χ4n) is 1.47. The van der Waals surface area contributed by atoms with Gasteiger partial charge in [0, 0.05) is 42.1 Å². The van der Waals surface area contributed by atoms with Crippen LogP contribution in [-0.2, 0) is 15.5 Å². The SMILES string of the molecule is CCNC(C)CCCS(=O)CCCOC. The molecule has 0 bridgehead atoms. The first-order chi connectivity index (χ1) is 7.20. The van der Waals surface area contributed by atoms with E-state index in [9.17, 15) is 4.21 Å². The van der Waals surface area contributed by atoms with Gasteiger partial charge in [-0.2, -0.15) is 0 Å². The summed E-state index contributed by atoms with van der Waals surface area (Å²) in [5.41, 5.74) is 0. The summed E-state index contributed by atoms with van der Waals surface area (Å²) in [5, 5.41) is 3.35. The first kappa shape index (κ1) is 15.1. The maximum Gasteiger partial charge on any atom is 0.0471 e. The van der Waals surface area contributed by atoms with E-state index in [1.165, 1.54) is 0 Å². The Labute approximate surface area is 96.4 Å². The monoisotopic (exact) mass is 235 g/mol. The van der Waals surface area contributed by atoms with Crippen LogP contribution in [0.3, 0.4) is 0 Å². The van der Waals surface area contributed by atoms with Gasteiger partial charge in [0.2, 0.25) is 0 Å². The number of methoxy groups -OCH3 is 1. The smallest absolute Gasteiger partial charge is 0.0471 e. The molecule has 0 aromatic heterocycles. The van der Waals surface area contributed by atoms with Crippen molar-refractivity contribution in [2.45, 2.75) is 39.2 Å². The van der Waals surface area contributed by atoms with Gasteiger partial charge in [0.15, 0.2) is 0 Å². The van der Waals surface area contributed by atoms with Crippen LogP contribution in [0.2, 0.25) is 0 Å². The predicted molar refractivity (Wildman–Crippen MR) is 66.7 cm³/mol. The highest BCUT2D eigenvalue weighted by atomic mass is 32.2. The first-order valence-corrected chi connectivity index (χ1v) is 7.26. The zero-order valence-electron chi connectivity index (χ0n) is 10.3. The van der Waals surface area contributed by atoms with Crippen molar-refractivity contribution in [2.75, 3.05) is 31.8 Å². The molecule has 0 saturated carbocycles. The van der Waals surface area contributed by atoms with Crippen LogP contribution in [0, 0.1) is 0 Å². The topological polar surface area (TPSA) is 38.3 Å². The molecule has 0 aromatic carbocycles. The van der Waals surface area contributed by atoms with Crippen molar-refractivity contribution in [3.05, 3.63) is 0 Å².